The molecule has 0 unspecified atom stereocenters. The van der Waals surface area contributed by atoms with Gasteiger partial charge in [0.15, 0.2) is 5.82 Å². The van der Waals surface area contributed by atoms with Crippen molar-refractivity contribution in [3.05, 3.63) is 24.1 Å². The minimum atomic E-state index is 0.478. The third-order valence-corrected chi connectivity index (χ3v) is 4.80. The SMILES string of the molecule is c1cn(C[C@@H]2C[C@@H]3CC[C@H]2O3)c(-c2cncs2)n1. The third-order valence-electron chi connectivity index (χ3n) is 4.03. The Kier molecular flexibility index (Phi) is 2.48. The molecule has 5 heteroatoms. The van der Waals surface area contributed by atoms with Crippen molar-refractivity contribution in [2.45, 2.75) is 38.0 Å². The molecular weight excluding hydrogens is 246 g/mol. The van der Waals surface area contributed by atoms with Gasteiger partial charge in [-0.1, -0.05) is 0 Å². The maximum absolute atomic E-state index is 5.92. The summed E-state index contributed by atoms with van der Waals surface area (Å²) in [6, 6.07) is 0. The predicted octanol–water partition coefficient (Wildman–Crippen LogP) is 2.57. The Bertz CT molecular complexity index is 536. The van der Waals surface area contributed by atoms with E-state index in [1.54, 1.807) is 11.3 Å². The van der Waals surface area contributed by atoms with Gasteiger partial charge in [-0.05, 0) is 19.3 Å². The van der Waals surface area contributed by atoms with E-state index in [1.165, 1.54) is 19.3 Å². The number of ether oxygens (including phenoxy) is 1. The van der Waals surface area contributed by atoms with E-state index in [0.29, 0.717) is 18.1 Å². The first-order valence-corrected chi connectivity index (χ1v) is 7.33. The number of rotatable bonds is 3. The second-order valence-electron chi connectivity index (χ2n) is 5.14. The van der Waals surface area contributed by atoms with Crippen LogP contribution in [0.2, 0.25) is 0 Å². The van der Waals surface area contributed by atoms with Gasteiger partial charge in [-0.2, -0.15) is 0 Å². The molecule has 0 amide bonds. The molecule has 0 spiro atoms. The summed E-state index contributed by atoms with van der Waals surface area (Å²) in [5, 5.41) is 0. The fourth-order valence-electron chi connectivity index (χ4n) is 3.20. The molecule has 4 heterocycles. The zero-order chi connectivity index (χ0) is 11.9. The van der Waals surface area contributed by atoms with Crippen molar-refractivity contribution in [1.82, 2.24) is 14.5 Å². The maximum atomic E-state index is 5.92. The summed E-state index contributed by atoms with van der Waals surface area (Å²) in [6.07, 6.45) is 10.5. The van der Waals surface area contributed by atoms with E-state index >= 15 is 0 Å². The number of hydrogen-bond donors (Lipinski definition) is 0. The van der Waals surface area contributed by atoms with Gasteiger partial charge in [-0.25, -0.2) is 4.98 Å². The van der Waals surface area contributed by atoms with Crippen molar-refractivity contribution in [3.63, 3.8) is 0 Å². The van der Waals surface area contributed by atoms with Crippen LogP contribution in [0.4, 0.5) is 0 Å². The van der Waals surface area contributed by atoms with Crippen molar-refractivity contribution >= 4 is 11.3 Å². The van der Waals surface area contributed by atoms with Gasteiger partial charge in [0.1, 0.15) is 0 Å². The summed E-state index contributed by atoms with van der Waals surface area (Å²) < 4.78 is 8.17. The van der Waals surface area contributed by atoms with Gasteiger partial charge in [-0.15, -0.1) is 11.3 Å². The zero-order valence-corrected chi connectivity index (χ0v) is 10.8. The molecule has 18 heavy (non-hydrogen) atoms. The highest BCUT2D eigenvalue weighted by atomic mass is 32.1. The molecule has 2 aromatic rings. The molecule has 4 nitrogen and oxygen atoms in total. The zero-order valence-electron chi connectivity index (χ0n) is 10.0. The number of hydrogen-bond acceptors (Lipinski definition) is 4. The van der Waals surface area contributed by atoms with E-state index in [-0.39, 0.29) is 0 Å². The second-order valence-corrected chi connectivity index (χ2v) is 6.02. The van der Waals surface area contributed by atoms with Crippen LogP contribution in [0.15, 0.2) is 24.1 Å². The monoisotopic (exact) mass is 261 g/mol. The minimum Gasteiger partial charge on any atom is -0.375 e. The van der Waals surface area contributed by atoms with Crippen molar-refractivity contribution in [2.24, 2.45) is 5.92 Å². The predicted molar refractivity (Wildman–Crippen MR) is 69.3 cm³/mol. The highest BCUT2D eigenvalue weighted by molar-refractivity contribution is 7.13. The highest BCUT2D eigenvalue weighted by Crippen LogP contribution is 2.40. The van der Waals surface area contributed by atoms with E-state index in [4.69, 9.17) is 4.74 Å². The molecule has 2 bridgehead atoms. The van der Waals surface area contributed by atoms with E-state index in [0.717, 1.165) is 17.2 Å². The summed E-state index contributed by atoms with van der Waals surface area (Å²) in [7, 11) is 0. The van der Waals surface area contributed by atoms with Gasteiger partial charge in [0, 0.05) is 31.1 Å². The number of thiazole rings is 1. The molecule has 0 aromatic carbocycles. The third kappa shape index (κ3) is 1.69. The molecule has 2 aromatic heterocycles. The van der Waals surface area contributed by atoms with E-state index in [1.807, 2.05) is 17.9 Å². The number of aromatic nitrogens is 3. The minimum absolute atomic E-state index is 0.478. The van der Waals surface area contributed by atoms with Crippen molar-refractivity contribution in [1.29, 1.82) is 0 Å². The summed E-state index contributed by atoms with van der Waals surface area (Å²) in [6.45, 7) is 1.02. The second kappa shape index (κ2) is 4.17. The fourth-order valence-corrected chi connectivity index (χ4v) is 3.83. The maximum Gasteiger partial charge on any atom is 0.151 e. The van der Waals surface area contributed by atoms with Crippen LogP contribution in [0.25, 0.3) is 10.7 Å². The molecule has 2 aliphatic rings. The highest BCUT2D eigenvalue weighted by Gasteiger charge is 2.40. The summed E-state index contributed by atoms with van der Waals surface area (Å²) in [5.74, 6) is 1.70. The van der Waals surface area contributed by atoms with Gasteiger partial charge >= 0.3 is 0 Å². The number of fused-ring (bicyclic) bond motifs is 2. The lowest BCUT2D eigenvalue weighted by Gasteiger charge is -2.19. The molecule has 2 aliphatic heterocycles. The van der Waals surface area contributed by atoms with Gasteiger partial charge in [0.05, 0.1) is 22.6 Å². The Morgan fingerprint density at radius 2 is 2.44 bits per heavy atom. The first-order valence-electron chi connectivity index (χ1n) is 6.45. The lowest BCUT2D eigenvalue weighted by atomic mass is 9.89. The summed E-state index contributed by atoms with van der Waals surface area (Å²) >= 11 is 1.64. The van der Waals surface area contributed by atoms with Crippen molar-refractivity contribution in [3.8, 4) is 10.7 Å². The Morgan fingerprint density at radius 1 is 1.44 bits per heavy atom. The van der Waals surface area contributed by atoms with Gasteiger partial charge in [0.25, 0.3) is 0 Å². The Morgan fingerprint density at radius 3 is 3.17 bits per heavy atom. The van der Waals surface area contributed by atoms with Crippen LogP contribution in [0.1, 0.15) is 19.3 Å². The topological polar surface area (TPSA) is 39.9 Å². The van der Waals surface area contributed by atoms with Gasteiger partial charge in [-0.3, -0.25) is 4.98 Å². The number of nitrogens with zero attached hydrogens (tertiary/aromatic N) is 3. The number of imidazole rings is 1. The average Bonchev–Trinajstić information content (AvgIpc) is 3.14. The van der Waals surface area contributed by atoms with Crippen LogP contribution >= 0.6 is 11.3 Å². The van der Waals surface area contributed by atoms with Crippen LogP contribution < -0.4 is 0 Å². The van der Waals surface area contributed by atoms with Crippen molar-refractivity contribution in [2.75, 3.05) is 0 Å². The first-order chi connectivity index (χ1) is 8.90. The molecule has 0 radical (unpaired) electrons. The molecule has 0 saturated carbocycles. The molecule has 2 saturated heterocycles. The molecule has 0 N–H and O–H groups in total. The lowest BCUT2D eigenvalue weighted by molar-refractivity contribution is 0.0900. The van der Waals surface area contributed by atoms with Crippen LogP contribution in [0.3, 0.4) is 0 Å². The van der Waals surface area contributed by atoms with E-state index < -0.39 is 0 Å². The quantitative estimate of drug-likeness (QED) is 0.852. The molecule has 0 aliphatic carbocycles. The van der Waals surface area contributed by atoms with Crippen LogP contribution in [-0.4, -0.2) is 26.7 Å². The Balaban J connectivity index is 1.57. The average molecular weight is 261 g/mol. The molecule has 4 rings (SSSR count). The standard InChI is InChI=1S/C13H15N3OS/c1-2-11-9(5-10(1)17-11)7-16-4-3-15-13(16)12-6-14-8-18-12/h3-4,6,8-11H,1-2,5,7H2/t9-,10-,11+/m0/s1. The van der Waals surface area contributed by atoms with Crippen LogP contribution in [-0.2, 0) is 11.3 Å². The molecular formula is C13H15N3OS. The lowest BCUT2D eigenvalue weighted by Crippen LogP contribution is -2.21. The van der Waals surface area contributed by atoms with Crippen LogP contribution in [0.5, 0.6) is 0 Å². The van der Waals surface area contributed by atoms with E-state index in [9.17, 15) is 0 Å². The molecule has 3 atom stereocenters. The largest absolute Gasteiger partial charge is 0.375 e. The summed E-state index contributed by atoms with van der Waals surface area (Å²) in [5.41, 5.74) is 1.86. The Labute approximate surface area is 110 Å². The molecule has 94 valence electrons. The Hall–Kier alpha value is -1.20. The van der Waals surface area contributed by atoms with E-state index in [2.05, 4.69) is 20.7 Å². The summed E-state index contributed by atoms with van der Waals surface area (Å²) in [4.78, 5) is 9.73. The first kappa shape index (κ1) is 10.7. The molecule has 2 fully saturated rings. The van der Waals surface area contributed by atoms with Crippen molar-refractivity contribution < 1.29 is 4.74 Å². The normalized spacial score (nSPS) is 30.1. The smallest absolute Gasteiger partial charge is 0.151 e. The van der Waals surface area contributed by atoms with Gasteiger partial charge in [0.2, 0.25) is 0 Å². The van der Waals surface area contributed by atoms with Crippen LogP contribution in [0, 0.1) is 5.92 Å². The van der Waals surface area contributed by atoms with Gasteiger partial charge < -0.3 is 9.30 Å². The fraction of sp³-hybridized carbons (Fsp3) is 0.538.